The summed E-state index contributed by atoms with van der Waals surface area (Å²) < 4.78 is 15.6. The number of carboxylic acids is 1. The quantitative estimate of drug-likeness (QED) is 0.192. The zero-order valence-electron chi connectivity index (χ0n) is 20.0. The Bertz CT molecular complexity index is 1000. The van der Waals surface area contributed by atoms with Crippen LogP contribution in [-0.2, 0) is 19.0 Å². The van der Waals surface area contributed by atoms with E-state index in [1.54, 1.807) is 19.2 Å². The molecule has 0 aliphatic carbocycles. The van der Waals surface area contributed by atoms with E-state index in [1.165, 1.54) is 0 Å². The number of carboxylic acid groups (broad SMARTS) is 1. The van der Waals surface area contributed by atoms with Gasteiger partial charge < -0.3 is 24.2 Å². The number of anilines is 1. The lowest BCUT2D eigenvalue weighted by atomic mass is 9.98. The highest BCUT2D eigenvalue weighted by atomic mass is 16.5. The molecule has 0 bridgehead atoms. The van der Waals surface area contributed by atoms with E-state index in [4.69, 9.17) is 14.2 Å². The maximum Gasteiger partial charge on any atom is 0.333 e. The Labute approximate surface area is 201 Å². The van der Waals surface area contributed by atoms with Crippen molar-refractivity contribution in [3.63, 3.8) is 0 Å². The van der Waals surface area contributed by atoms with Crippen LogP contribution in [0.15, 0.2) is 54.1 Å². The van der Waals surface area contributed by atoms with Gasteiger partial charge in [0.05, 0.1) is 44.2 Å². The number of rotatable bonds is 14. The van der Waals surface area contributed by atoms with E-state index in [-0.39, 0.29) is 24.2 Å². The maximum atomic E-state index is 11.8. The van der Waals surface area contributed by atoms with Crippen LogP contribution in [0, 0.1) is 11.3 Å². The lowest BCUT2D eigenvalue weighted by Gasteiger charge is -2.11. The van der Waals surface area contributed by atoms with Crippen LogP contribution in [0.1, 0.15) is 23.1 Å². The van der Waals surface area contributed by atoms with Gasteiger partial charge >= 0.3 is 5.97 Å². The average Bonchev–Trinajstić information content (AvgIpc) is 2.84. The summed E-state index contributed by atoms with van der Waals surface area (Å²) in [6, 6.07) is 17.5. The van der Waals surface area contributed by atoms with Gasteiger partial charge in [-0.05, 0) is 28.8 Å². The Kier molecular flexibility index (Phi) is 11.6. The van der Waals surface area contributed by atoms with E-state index in [0.717, 1.165) is 16.8 Å². The summed E-state index contributed by atoms with van der Waals surface area (Å²) in [7, 11) is 5.60. The first-order valence-electron chi connectivity index (χ1n) is 11.0. The number of aliphatic carboxylic acids is 1. The van der Waals surface area contributed by atoms with Gasteiger partial charge in [-0.3, -0.25) is 0 Å². The molecule has 0 atom stereocenters. The minimum absolute atomic E-state index is 0.0343. The Morgan fingerprint density at radius 2 is 1.44 bits per heavy atom. The molecular weight excluding hydrogens is 432 g/mol. The Morgan fingerprint density at radius 1 is 0.912 bits per heavy atom. The third-order valence-corrected chi connectivity index (χ3v) is 5.05. The molecule has 0 aliphatic heterocycles. The molecule has 0 heterocycles. The highest BCUT2D eigenvalue weighted by molar-refractivity contribution is 6.00. The monoisotopic (exact) mass is 464 g/mol. The predicted octanol–water partition coefficient (Wildman–Crippen LogP) is 4.35. The summed E-state index contributed by atoms with van der Waals surface area (Å²) in [5, 5.41) is 19.3. The summed E-state index contributed by atoms with van der Waals surface area (Å²) in [4.78, 5) is 13.8. The molecule has 34 heavy (non-hydrogen) atoms. The van der Waals surface area contributed by atoms with Gasteiger partial charge in [0.1, 0.15) is 6.07 Å². The molecule has 0 spiro atoms. The van der Waals surface area contributed by atoms with E-state index in [1.807, 2.05) is 61.5 Å². The molecule has 1 N–H and O–H groups in total. The van der Waals surface area contributed by atoms with Crippen molar-refractivity contribution < 1.29 is 24.1 Å². The van der Waals surface area contributed by atoms with E-state index < -0.39 is 5.97 Å². The Morgan fingerprint density at radius 3 is 1.94 bits per heavy atom. The minimum atomic E-state index is -1.12. The summed E-state index contributed by atoms with van der Waals surface area (Å²) in [5.74, 6) is -1.12. The highest BCUT2D eigenvalue weighted by Crippen LogP contribution is 2.22. The fourth-order valence-corrected chi connectivity index (χ4v) is 3.12. The molecule has 0 saturated heterocycles. The fourth-order valence-electron chi connectivity index (χ4n) is 3.12. The van der Waals surface area contributed by atoms with Crippen molar-refractivity contribution in [3.8, 4) is 6.07 Å². The lowest BCUT2D eigenvalue weighted by Crippen LogP contribution is -2.11. The number of carbonyl (C=O) groups is 1. The van der Waals surface area contributed by atoms with Gasteiger partial charge in [0.15, 0.2) is 0 Å². The first kappa shape index (κ1) is 26.8. The van der Waals surface area contributed by atoms with Gasteiger partial charge in [-0.2, -0.15) is 5.26 Å². The molecule has 7 nitrogen and oxygen atoms in total. The molecule has 0 fully saturated rings. The first-order valence-corrected chi connectivity index (χ1v) is 11.0. The van der Waals surface area contributed by atoms with E-state index >= 15 is 0 Å². The Hall–Kier alpha value is -3.44. The van der Waals surface area contributed by atoms with Crippen LogP contribution >= 0.6 is 0 Å². The third kappa shape index (κ3) is 8.83. The average molecular weight is 465 g/mol. The second-order valence-corrected chi connectivity index (χ2v) is 7.68. The molecule has 0 aliphatic rings. The summed E-state index contributed by atoms with van der Waals surface area (Å²) in [6.07, 6.45) is 4.11. The van der Waals surface area contributed by atoms with Crippen molar-refractivity contribution in [1.82, 2.24) is 0 Å². The van der Waals surface area contributed by atoms with Crippen molar-refractivity contribution in [2.24, 2.45) is 0 Å². The number of nitriles is 1. The summed E-state index contributed by atoms with van der Waals surface area (Å²) >= 11 is 0. The molecule has 180 valence electrons. The Balaban J connectivity index is 2.01. The van der Waals surface area contributed by atoms with Gasteiger partial charge in [0.25, 0.3) is 0 Å². The maximum absolute atomic E-state index is 11.8. The number of benzene rings is 2. The lowest BCUT2D eigenvalue weighted by molar-refractivity contribution is -0.132. The van der Waals surface area contributed by atoms with E-state index in [9.17, 15) is 15.2 Å². The van der Waals surface area contributed by atoms with E-state index in [0.29, 0.717) is 32.0 Å². The smallest absolute Gasteiger partial charge is 0.333 e. The van der Waals surface area contributed by atoms with Crippen molar-refractivity contribution in [2.75, 3.05) is 59.1 Å². The molecule has 7 heteroatoms. The zero-order chi connectivity index (χ0) is 24.8. The number of nitrogens with zero attached hydrogens (tertiary/aromatic N) is 2. The number of allylic oxidation sites excluding steroid dienone is 1. The molecule has 2 aromatic rings. The van der Waals surface area contributed by atoms with Crippen molar-refractivity contribution in [2.45, 2.75) is 6.42 Å². The van der Waals surface area contributed by atoms with Gasteiger partial charge in [-0.15, -0.1) is 0 Å². The number of ether oxygens (including phenoxy) is 3. The number of methoxy groups -OCH3 is 1. The number of hydrogen-bond donors (Lipinski definition) is 1. The number of hydrogen-bond acceptors (Lipinski definition) is 6. The second kappa shape index (κ2) is 14.7. The second-order valence-electron chi connectivity index (χ2n) is 7.68. The molecule has 0 amide bonds. The summed E-state index contributed by atoms with van der Waals surface area (Å²) in [5.41, 5.74) is 3.90. The molecule has 0 aromatic heterocycles. The molecule has 0 radical (unpaired) electrons. The molecule has 0 unspecified atom stereocenters. The van der Waals surface area contributed by atoms with Gasteiger partial charge in [0, 0.05) is 33.3 Å². The SMILES string of the molecule is COCCOCCOCC/C(C(=O)O)=C(\C#N)c1ccc(/C=C/c2ccc(N(C)C)cc2)cc1. The van der Waals surface area contributed by atoms with Gasteiger partial charge in [-0.25, -0.2) is 4.79 Å². The topological polar surface area (TPSA) is 92.0 Å². The van der Waals surface area contributed by atoms with Crippen molar-refractivity contribution in [3.05, 3.63) is 70.8 Å². The van der Waals surface area contributed by atoms with Crippen LogP contribution in [0.3, 0.4) is 0 Å². The van der Waals surface area contributed by atoms with Gasteiger partial charge in [0.2, 0.25) is 0 Å². The van der Waals surface area contributed by atoms with Crippen LogP contribution in [-0.4, -0.2) is 65.3 Å². The van der Waals surface area contributed by atoms with Crippen LogP contribution in [0.2, 0.25) is 0 Å². The fraction of sp³-hybridized carbons (Fsp3) is 0.333. The van der Waals surface area contributed by atoms with Crippen LogP contribution in [0.5, 0.6) is 0 Å². The standard InChI is InChI=1S/C27H32N2O5/c1-29(2)24-12-8-22(9-13-24)5-4-21-6-10-23(11-7-21)26(20-28)25(27(30)31)14-15-33-18-19-34-17-16-32-3/h4-13H,14-19H2,1-3H3,(H,30,31)/b5-4+,26-25-. The van der Waals surface area contributed by atoms with Crippen molar-refractivity contribution in [1.29, 1.82) is 5.26 Å². The molecular formula is C27H32N2O5. The third-order valence-electron chi connectivity index (χ3n) is 5.05. The van der Waals surface area contributed by atoms with Crippen LogP contribution in [0.25, 0.3) is 17.7 Å². The molecule has 2 aromatic carbocycles. The largest absolute Gasteiger partial charge is 0.478 e. The normalized spacial score (nSPS) is 11.8. The van der Waals surface area contributed by atoms with Crippen LogP contribution in [0.4, 0.5) is 5.69 Å². The van der Waals surface area contributed by atoms with Gasteiger partial charge in [-0.1, -0.05) is 48.6 Å². The summed E-state index contributed by atoms with van der Waals surface area (Å²) in [6.45, 7) is 1.92. The zero-order valence-corrected chi connectivity index (χ0v) is 20.0. The predicted molar refractivity (Wildman–Crippen MR) is 134 cm³/mol. The van der Waals surface area contributed by atoms with Crippen LogP contribution < -0.4 is 4.90 Å². The highest BCUT2D eigenvalue weighted by Gasteiger charge is 2.16. The van der Waals surface area contributed by atoms with E-state index in [2.05, 4.69) is 12.1 Å². The molecule has 0 saturated carbocycles. The molecule has 2 rings (SSSR count). The van der Waals surface area contributed by atoms with Crippen molar-refractivity contribution >= 4 is 29.4 Å². The first-order chi connectivity index (χ1) is 16.5. The minimum Gasteiger partial charge on any atom is -0.478 e.